The molecule has 0 radical (unpaired) electrons. The van der Waals surface area contributed by atoms with Crippen LogP contribution in [0, 0.1) is 5.92 Å². The summed E-state index contributed by atoms with van der Waals surface area (Å²) in [5.41, 5.74) is 3.25. The summed E-state index contributed by atoms with van der Waals surface area (Å²) in [6.07, 6.45) is 1.62. The van der Waals surface area contributed by atoms with Crippen LogP contribution >= 0.6 is 0 Å². The molecule has 2 aromatic rings. The van der Waals surface area contributed by atoms with Gasteiger partial charge in [-0.2, -0.15) is 0 Å². The molecule has 2 aliphatic carbocycles. The fraction of sp³-hybridized carbons (Fsp3) is 0.423. The van der Waals surface area contributed by atoms with E-state index in [1.54, 1.807) is 13.8 Å². The molecule has 4 rings (SSSR count). The van der Waals surface area contributed by atoms with Crippen molar-refractivity contribution in [3.05, 3.63) is 59.7 Å². The number of nitrogens with zero attached hydrogens (tertiary/aromatic N) is 1. The van der Waals surface area contributed by atoms with Gasteiger partial charge in [-0.1, -0.05) is 55.5 Å². The second-order valence-corrected chi connectivity index (χ2v) is 9.16. The number of carbonyl (C=O) groups excluding carboxylic acids is 2. The van der Waals surface area contributed by atoms with Crippen molar-refractivity contribution in [3.8, 4) is 11.1 Å². The van der Waals surface area contributed by atoms with Gasteiger partial charge < -0.3 is 20.1 Å². The predicted molar refractivity (Wildman–Crippen MR) is 124 cm³/mol. The van der Waals surface area contributed by atoms with Crippen LogP contribution in [-0.4, -0.2) is 53.2 Å². The van der Waals surface area contributed by atoms with Crippen LogP contribution in [0.3, 0.4) is 0 Å². The fourth-order valence-electron chi connectivity index (χ4n) is 4.50. The monoisotopic (exact) mass is 450 g/mol. The molecule has 0 aliphatic heterocycles. The zero-order valence-electron chi connectivity index (χ0n) is 19.0. The van der Waals surface area contributed by atoms with Crippen molar-refractivity contribution in [2.75, 3.05) is 19.7 Å². The van der Waals surface area contributed by atoms with Crippen LogP contribution in [0.2, 0.25) is 0 Å². The minimum absolute atomic E-state index is 0.0786. The maximum absolute atomic E-state index is 13.2. The minimum atomic E-state index is -1.24. The molecule has 2 amide bonds. The molecule has 0 heterocycles. The molecular formula is C26H30N2O5. The number of amides is 2. The van der Waals surface area contributed by atoms with Crippen LogP contribution in [-0.2, 0) is 14.3 Å². The Morgan fingerprint density at radius 3 is 2.15 bits per heavy atom. The summed E-state index contributed by atoms with van der Waals surface area (Å²) in [6, 6.07) is 16.2. The summed E-state index contributed by atoms with van der Waals surface area (Å²) in [5, 5.41) is 12.0. The lowest BCUT2D eigenvalue weighted by Gasteiger charge is -2.33. The lowest BCUT2D eigenvalue weighted by Crippen LogP contribution is -2.58. The van der Waals surface area contributed by atoms with Gasteiger partial charge in [-0.05, 0) is 54.4 Å². The normalized spacial score (nSPS) is 16.3. The smallest absolute Gasteiger partial charge is 0.408 e. The number of carboxylic acids is 1. The Balaban J connectivity index is 1.44. The van der Waals surface area contributed by atoms with Crippen molar-refractivity contribution < 1.29 is 24.2 Å². The molecule has 1 unspecified atom stereocenters. The van der Waals surface area contributed by atoms with E-state index in [4.69, 9.17) is 4.74 Å². The second kappa shape index (κ2) is 9.25. The van der Waals surface area contributed by atoms with Gasteiger partial charge in [-0.25, -0.2) is 4.79 Å². The molecule has 1 fully saturated rings. The van der Waals surface area contributed by atoms with Gasteiger partial charge in [0.25, 0.3) is 0 Å². The van der Waals surface area contributed by atoms with Gasteiger partial charge in [0.05, 0.1) is 0 Å². The van der Waals surface area contributed by atoms with Gasteiger partial charge >= 0.3 is 12.1 Å². The molecule has 2 aliphatic rings. The third kappa shape index (κ3) is 4.87. The highest BCUT2D eigenvalue weighted by atomic mass is 16.5. The van der Waals surface area contributed by atoms with E-state index in [1.807, 2.05) is 36.4 Å². The van der Waals surface area contributed by atoms with Crippen LogP contribution < -0.4 is 5.32 Å². The van der Waals surface area contributed by atoms with E-state index in [2.05, 4.69) is 17.4 Å². The predicted octanol–water partition coefficient (Wildman–Crippen LogP) is 4.02. The fourth-order valence-corrected chi connectivity index (χ4v) is 4.50. The molecule has 1 atom stereocenters. The lowest BCUT2D eigenvalue weighted by atomic mass is 9.96. The molecule has 0 spiro atoms. The highest BCUT2D eigenvalue weighted by molar-refractivity contribution is 5.91. The summed E-state index contributed by atoms with van der Waals surface area (Å²) >= 11 is 0. The van der Waals surface area contributed by atoms with Gasteiger partial charge in [-0.3, -0.25) is 9.59 Å². The van der Waals surface area contributed by atoms with Crippen molar-refractivity contribution in [1.29, 1.82) is 0 Å². The maximum atomic E-state index is 13.2. The standard InChI is InChI=1S/C26H30N2O5/c1-3-26(2,24(31)28(15-23(29)30)14-17-12-13-17)27-25(32)33-16-22-20-10-6-4-8-18(20)19-9-5-7-11-21(19)22/h4-11,17,22H,3,12-16H2,1-2H3,(H,27,32)(H,29,30). The largest absolute Gasteiger partial charge is 0.480 e. The highest BCUT2D eigenvalue weighted by Crippen LogP contribution is 2.44. The average molecular weight is 451 g/mol. The van der Waals surface area contributed by atoms with Crippen LogP contribution in [0.15, 0.2) is 48.5 Å². The van der Waals surface area contributed by atoms with Crippen molar-refractivity contribution in [2.45, 2.75) is 44.6 Å². The Hall–Kier alpha value is -3.35. The summed E-state index contributed by atoms with van der Waals surface area (Å²) in [6.45, 7) is 3.58. The van der Waals surface area contributed by atoms with Crippen molar-refractivity contribution in [3.63, 3.8) is 0 Å². The third-order valence-electron chi connectivity index (χ3n) is 6.69. The van der Waals surface area contributed by atoms with E-state index in [9.17, 15) is 19.5 Å². The number of rotatable bonds is 9. The van der Waals surface area contributed by atoms with Crippen molar-refractivity contribution >= 4 is 18.0 Å². The molecule has 0 bridgehead atoms. The van der Waals surface area contributed by atoms with Crippen molar-refractivity contribution in [1.82, 2.24) is 10.2 Å². The van der Waals surface area contributed by atoms with Crippen LogP contribution in [0.1, 0.15) is 50.2 Å². The first-order valence-electron chi connectivity index (χ1n) is 11.5. The number of aliphatic carboxylic acids is 1. The quantitative estimate of drug-likeness (QED) is 0.602. The first-order chi connectivity index (χ1) is 15.8. The maximum Gasteiger partial charge on any atom is 0.408 e. The van der Waals surface area contributed by atoms with E-state index in [-0.39, 0.29) is 19.1 Å². The first kappa shape index (κ1) is 22.8. The number of alkyl carbamates (subject to hydrolysis) is 1. The Labute approximate surface area is 193 Å². The number of carbonyl (C=O) groups is 3. The summed E-state index contributed by atoms with van der Waals surface area (Å²) in [5.74, 6) is -1.20. The molecule has 1 saturated carbocycles. The number of hydrogen-bond acceptors (Lipinski definition) is 4. The van der Waals surface area contributed by atoms with E-state index in [0.29, 0.717) is 18.9 Å². The molecule has 0 aromatic heterocycles. The molecule has 7 heteroatoms. The number of fused-ring (bicyclic) bond motifs is 3. The molecule has 33 heavy (non-hydrogen) atoms. The van der Waals surface area contributed by atoms with Crippen LogP contribution in [0.4, 0.5) is 4.79 Å². The second-order valence-electron chi connectivity index (χ2n) is 9.16. The zero-order valence-corrected chi connectivity index (χ0v) is 19.0. The SMILES string of the molecule is CCC(C)(NC(=O)OCC1c2ccccc2-c2ccccc21)C(=O)N(CC(=O)O)CC1CC1. The molecule has 174 valence electrons. The number of nitrogens with one attached hydrogen (secondary N) is 1. The van der Waals surface area contributed by atoms with Crippen molar-refractivity contribution in [2.24, 2.45) is 5.92 Å². The Morgan fingerprint density at radius 2 is 1.64 bits per heavy atom. The highest BCUT2D eigenvalue weighted by Gasteiger charge is 2.40. The van der Waals surface area contributed by atoms with Gasteiger partial charge in [0, 0.05) is 12.5 Å². The Kier molecular flexibility index (Phi) is 6.40. The molecule has 7 nitrogen and oxygen atoms in total. The topological polar surface area (TPSA) is 95.9 Å². The number of hydrogen-bond donors (Lipinski definition) is 2. The minimum Gasteiger partial charge on any atom is -0.480 e. The number of carboxylic acid groups (broad SMARTS) is 1. The molecule has 2 N–H and O–H groups in total. The Bertz CT molecular complexity index is 1020. The van der Waals surface area contributed by atoms with E-state index in [0.717, 1.165) is 35.1 Å². The van der Waals surface area contributed by atoms with E-state index < -0.39 is 23.5 Å². The van der Waals surface area contributed by atoms with Gasteiger partial charge in [-0.15, -0.1) is 0 Å². The molecule has 0 saturated heterocycles. The zero-order chi connectivity index (χ0) is 23.6. The van der Waals surface area contributed by atoms with E-state index in [1.165, 1.54) is 4.90 Å². The molecule has 2 aromatic carbocycles. The molecular weight excluding hydrogens is 420 g/mol. The van der Waals surface area contributed by atoms with Crippen LogP contribution in [0.25, 0.3) is 11.1 Å². The van der Waals surface area contributed by atoms with Gasteiger partial charge in [0.15, 0.2) is 0 Å². The average Bonchev–Trinajstić information content (AvgIpc) is 3.57. The summed E-state index contributed by atoms with van der Waals surface area (Å²) in [7, 11) is 0. The third-order valence-corrected chi connectivity index (χ3v) is 6.69. The Morgan fingerprint density at radius 1 is 1.06 bits per heavy atom. The first-order valence-corrected chi connectivity index (χ1v) is 11.5. The summed E-state index contributed by atoms with van der Waals surface area (Å²) < 4.78 is 5.60. The summed E-state index contributed by atoms with van der Waals surface area (Å²) in [4.78, 5) is 38.6. The van der Waals surface area contributed by atoms with E-state index >= 15 is 0 Å². The lowest BCUT2D eigenvalue weighted by molar-refractivity contribution is -0.147. The van der Waals surface area contributed by atoms with Crippen LogP contribution in [0.5, 0.6) is 0 Å². The van der Waals surface area contributed by atoms with Gasteiger partial charge in [0.2, 0.25) is 5.91 Å². The number of ether oxygens (including phenoxy) is 1. The van der Waals surface area contributed by atoms with Gasteiger partial charge in [0.1, 0.15) is 18.7 Å². The number of benzene rings is 2.